The molecule has 0 bridgehead atoms. The number of nitrogens with two attached hydrogens (primary N) is 1. The summed E-state index contributed by atoms with van der Waals surface area (Å²) in [5, 5.41) is 20.9. The Morgan fingerprint density at radius 1 is 1.18 bits per heavy atom. The second-order valence-corrected chi connectivity index (χ2v) is 7.42. The number of nitrogens with one attached hydrogen (secondary N) is 4. The van der Waals surface area contributed by atoms with Crippen LogP contribution in [0.15, 0.2) is 54.6 Å². The van der Waals surface area contributed by atoms with Crippen LogP contribution in [0.1, 0.15) is 21.5 Å². The lowest BCUT2D eigenvalue weighted by molar-refractivity contribution is -0.539. The normalized spacial score (nSPS) is 11.4. The molecule has 174 valence electrons. The van der Waals surface area contributed by atoms with Gasteiger partial charge >= 0.3 is 6.18 Å². The maximum absolute atomic E-state index is 13.9. The van der Waals surface area contributed by atoms with Crippen LogP contribution >= 0.6 is 0 Å². The summed E-state index contributed by atoms with van der Waals surface area (Å²) in [5.41, 5.74) is 3.42. The number of fused-ring (bicyclic) bond motifs is 1. The van der Waals surface area contributed by atoms with Crippen molar-refractivity contribution < 1.29 is 28.5 Å². The van der Waals surface area contributed by atoms with Crippen LogP contribution in [0.2, 0.25) is 0 Å². The number of carbonyl (C=O) groups is 1. The first-order valence-electron chi connectivity index (χ1n) is 10.1. The Balaban J connectivity index is 1.78. The van der Waals surface area contributed by atoms with Crippen LogP contribution in [-0.4, -0.2) is 34.3 Å². The number of halogens is 3. The highest BCUT2D eigenvalue weighted by atomic mass is 19.4. The summed E-state index contributed by atoms with van der Waals surface area (Å²) >= 11 is 0. The Bertz CT molecular complexity index is 1400. The highest BCUT2D eigenvalue weighted by Crippen LogP contribution is 2.40. The Labute approximate surface area is 191 Å². The molecule has 8 nitrogen and oxygen atoms in total. The molecule has 7 N–H and O–H groups in total. The molecule has 34 heavy (non-hydrogen) atoms. The first-order chi connectivity index (χ1) is 16.2. The minimum absolute atomic E-state index is 0.0284. The van der Waals surface area contributed by atoms with Gasteiger partial charge in [0.05, 0.1) is 29.2 Å². The van der Waals surface area contributed by atoms with E-state index in [0.29, 0.717) is 28.0 Å². The van der Waals surface area contributed by atoms with Crippen LogP contribution in [0, 0.1) is 5.41 Å². The predicted octanol–water partition coefficient (Wildman–Crippen LogP) is 3.93. The molecule has 1 heterocycles. The molecular formula is C23H20F3N6O2+. The number of anilines is 2. The molecule has 1 aromatic heterocycles. The number of hydrogen-bond donors (Lipinski definition) is 6. The lowest BCUT2D eigenvalue weighted by Crippen LogP contribution is -2.73. The molecule has 3 aromatic carbocycles. The SMILES string of the molecule is C[NH2+]c1cc(-c2cc3nc(Nc4cccc(C(=O)NO)c4)[nH]c3cc2C(F)(F)F)ccc1C=N. The maximum atomic E-state index is 13.9. The fraction of sp³-hybridized carbons (Fsp3) is 0.0870. The number of alkyl halides is 3. The highest BCUT2D eigenvalue weighted by molar-refractivity contribution is 5.94. The summed E-state index contributed by atoms with van der Waals surface area (Å²) < 4.78 is 41.8. The Morgan fingerprint density at radius 3 is 2.65 bits per heavy atom. The van der Waals surface area contributed by atoms with Crippen LogP contribution in [-0.2, 0) is 6.18 Å². The van der Waals surface area contributed by atoms with Gasteiger partial charge in [-0.25, -0.2) is 10.5 Å². The molecule has 0 atom stereocenters. The van der Waals surface area contributed by atoms with Crippen LogP contribution in [0.5, 0.6) is 0 Å². The fourth-order valence-electron chi connectivity index (χ4n) is 3.65. The summed E-state index contributed by atoms with van der Waals surface area (Å²) in [5.74, 6) is -0.519. The maximum Gasteiger partial charge on any atom is 0.417 e. The average Bonchev–Trinajstić information content (AvgIpc) is 3.23. The number of quaternary nitrogens is 1. The van der Waals surface area contributed by atoms with E-state index in [9.17, 15) is 18.0 Å². The quantitative estimate of drug-likeness (QED) is 0.111. The van der Waals surface area contributed by atoms with Gasteiger partial charge in [-0.2, -0.15) is 13.2 Å². The van der Waals surface area contributed by atoms with Crippen molar-refractivity contribution in [1.82, 2.24) is 15.4 Å². The number of aromatic amines is 1. The number of aromatic nitrogens is 2. The van der Waals surface area contributed by atoms with Crippen LogP contribution in [0.25, 0.3) is 22.2 Å². The van der Waals surface area contributed by atoms with Gasteiger partial charge in [-0.3, -0.25) is 10.0 Å². The topological polar surface area (TPSA) is 130 Å². The van der Waals surface area contributed by atoms with E-state index in [4.69, 9.17) is 10.6 Å². The van der Waals surface area contributed by atoms with Crippen LogP contribution in [0.3, 0.4) is 0 Å². The van der Waals surface area contributed by atoms with Gasteiger partial charge < -0.3 is 21.0 Å². The second-order valence-electron chi connectivity index (χ2n) is 7.42. The first-order valence-corrected chi connectivity index (χ1v) is 10.1. The zero-order valence-electron chi connectivity index (χ0n) is 17.8. The van der Waals surface area contributed by atoms with Crippen molar-refractivity contribution >= 4 is 40.5 Å². The van der Waals surface area contributed by atoms with E-state index < -0.39 is 17.6 Å². The van der Waals surface area contributed by atoms with Crippen LogP contribution in [0.4, 0.5) is 30.5 Å². The molecule has 11 heteroatoms. The van der Waals surface area contributed by atoms with Gasteiger partial charge in [-0.15, -0.1) is 0 Å². The molecule has 1 amide bonds. The summed E-state index contributed by atoms with van der Waals surface area (Å²) in [6.45, 7) is 0. The third-order valence-electron chi connectivity index (χ3n) is 5.28. The number of carbonyl (C=O) groups excluding carboxylic acids is 1. The van der Waals surface area contributed by atoms with E-state index in [1.807, 2.05) is 0 Å². The number of nitrogens with zero attached hydrogens (tertiary/aromatic N) is 1. The number of benzene rings is 3. The number of imidazole rings is 1. The van der Waals surface area contributed by atoms with Crippen molar-refractivity contribution in [2.45, 2.75) is 6.18 Å². The minimum Gasteiger partial charge on any atom is -0.326 e. The van der Waals surface area contributed by atoms with Crippen LogP contribution < -0.4 is 16.1 Å². The van der Waals surface area contributed by atoms with Crippen molar-refractivity contribution in [3.05, 3.63) is 71.3 Å². The van der Waals surface area contributed by atoms with Gasteiger partial charge in [-0.1, -0.05) is 12.1 Å². The first kappa shape index (κ1) is 23.0. The smallest absolute Gasteiger partial charge is 0.326 e. The Hall–Kier alpha value is -4.22. The summed E-state index contributed by atoms with van der Waals surface area (Å²) in [6.07, 6.45) is -3.46. The molecule has 4 aromatic rings. The number of hydroxylamine groups is 1. The zero-order valence-corrected chi connectivity index (χ0v) is 17.8. The van der Waals surface area contributed by atoms with Gasteiger partial charge in [0.25, 0.3) is 5.91 Å². The fourth-order valence-corrected chi connectivity index (χ4v) is 3.65. The van der Waals surface area contributed by atoms with Crippen molar-refractivity contribution in [3.8, 4) is 11.1 Å². The van der Waals surface area contributed by atoms with E-state index >= 15 is 0 Å². The van der Waals surface area contributed by atoms with Gasteiger partial charge in [0.2, 0.25) is 5.95 Å². The molecule has 0 unspecified atom stereocenters. The Morgan fingerprint density at radius 2 is 1.97 bits per heavy atom. The summed E-state index contributed by atoms with van der Waals surface area (Å²) in [6, 6.07) is 13.3. The molecular weight excluding hydrogens is 449 g/mol. The number of amides is 1. The van der Waals surface area contributed by atoms with Crippen molar-refractivity contribution in [1.29, 1.82) is 5.41 Å². The van der Waals surface area contributed by atoms with Crippen molar-refractivity contribution in [2.75, 3.05) is 12.4 Å². The lowest BCUT2D eigenvalue weighted by Gasteiger charge is -2.14. The van der Waals surface area contributed by atoms with Crippen molar-refractivity contribution in [3.63, 3.8) is 0 Å². The molecule has 0 aliphatic rings. The van der Waals surface area contributed by atoms with E-state index in [1.54, 1.807) is 42.7 Å². The summed E-state index contributed by atoms with van der Waals surface area (Å²) in [7, 11) is 1.75. The van der Waals surface area contributed by atoms with Gasteiger partial charge in [-0.05, 0) is 47.5 Å². The summed E-state index contributed by atoms with van der Waals surface area (Å²) in [4.78, 5) is 18.8. The Kier molecular flexibility index (Phi) is 6.05. The predicted molar refractivity (Wildman–Crippen MR) is 121 cm³/mol. The van der Waals surface area contributed by atoms with E-state index in [2.05, 4.69) is 15.3 Å². The number of hydrogen-bond acceptors (Lipinski definition) is 5. The van der Waals surface area contributed by atoms with Gasteiger partial charge in [0.1, 0.15) is 5.69 Å². The molecule has 0 aliphatic carbocycles. The molecule has 0 radical (unpaired) electrons. The minimum atomic E-state index is -4.61. The standard InChI is InChI=1S/C23H19F3N6O2/c1-28-18-8-12(5-6-14(18)11-27)16-9-19-20(10-17(16)23(24,25)26)31-22(30-19)29-15-4-2-3-13(7-15)21(33)32-34/h2-11,27-28,34H,1H3,(H,32,33)(H2,29,30,31)/p+1. The van der Waals surface area contributed by atoms with Crippen molar-refractivity contribution in [2.24, 2.45) is 0 Å². The van der Waals surface area contributed by atoms with E-state index in [0.717, 1.165) is 12.3 Å². The van der Waals surface area contributed by atoms with E-state index in [1.165, 1.54) is 23.7 Å². The van der Waals surface area contributed by atoms with Gasteiger partial charge in [0.15, 0.2) is 0 Å². The molecule has 0 spiro atoms. The molecule has 0 aliphatic heterocycles. The number of H-pyrrole nitrogens is 1. The monoisotopic (exact) mass is 469 g/mol. The lowest BCUT2D eigenvalue weighted by atomic mass is 9.96. The molecule has 0 saturated heterocycles. The third kappa shape index (κ3) is 4.47. The third-order valence-corrected chi connectivity index (χ3v) is 5.28. The highest BCUT2D eigenvalue weighted by Gasteiger charge is 2.34. The average molecular weight is 469 g/mol. The van der Waals surface area contributed by atoms with Gasteiger partial charge in [0, 0.05) is 23.5 Å². The molecule has 0 fully saturated rings. The van der Waals surface area contributed by atoms with E-state index in [-0.39, 0.29) is 22.6 Å². The molecule has 4 rings (SSSR count). The largest absolute Gasteiger partial charge is 0.417 e. The molecule has 0 saturated carbocycles. The number of rotatable bonds is 6. The zero-order chi connectivity index (χ0) is 24.5. The second kappa shape index (κ2) is 8.96.